The van der Waals surface area contributed by atoms with Crippen molar-refractivity contribution >= 4 is 27.5 Å². The molecule has 0 aliphatic heterocycles. The number of sulfonamides is 1. The number of rotatable bonds is 4. The SMILES string of the molecule is CC(=O)Nc1ccc(S(=O)(=O)NC(=O)c2ccc(C)n2C)cc1. The predicted molar refractivity (Wildman–Crippen MR) is 85.5 cm³/mol. The van der Waals surface area contributed by atoms with Crippen LogP contribution in [0.25, 0.3) is 0 Å². The van der Waals surface area contributed by atoms with Crippen molar-refractivity contribution in [2.24, 2.45) is 7.05 Å². The van der Waals surface area contributed by atoms with Gasteiger partial charge in [-0.15, -0.1) is 0 Å². The van der Waals surface area contributed by atoms with E-state index >= 15 is 0 Å². The van der Waals surface area contributed by atoms with E-state index in [0.717, 1.165) is 5.69 Å². The van der Waals surface area contributed by atoms with Crippen LogP contribution < -0.4 is 10.0 Å². The van der Waals surface area contributed by atoms with Gasteiger partial charge >= 0.3 is 0 Å². The van der Waals surface area contributed by atoms with Gasteiger partial charge < -0.3 is 9.88 Å². The largest absolute Gasteiger partial charge is 0.344 e. The molecular weight excluding hydrogens is 318 g/mol. The van der Waals surface area contributed by atoms with E-state index in [4.69, 9.17) is 0 Å². The van der Waals surface area contributed by atoms with Gasteiger partial charge in [-0.2, -0.15) is 0 Å². The Balaban J connectivity index is 2.20. The Morgan fingerprint density at radius 2 is 1.65 bits per heavy atom. The number of amides is 2. The van der Waals surface area contributed by atoms with Crippen LogP contribution in [0, 0.1) is 6.92 Å². The van der Waals surface area contributed by atoms with Gasteiger partial charge in [0.15, 0.2) is 0 Å². The third-order valence-corrected chi connectivity index (χ3v) is 4.66. The van der Waals surface area contributed by atoms with Crippen LogP contribution >= 0.6 is 0 Å². The Hall–Kier alpha value is -2.61. The molecule has 1 heterocycles. The van der Waals surface area contributed by atoms with Crippen molar-refractivity contribution in [1.29, 1.82) is 0 Å². The molecule has 0 saturated heterocycles. The summed E-state index contributed by atoms with van der Waals surface area (Å²) in [5.74, 6) is -0.959. The molecule has 2 rings (SSSR count). The Morgan fingerprint density at radius 1 is 1.04 bits per heavy atom. The Labute approximate surface area is 134 Å². The molecule has 1 aromatic heterocycles. The molecule has 0 atom stereocenters. The number of hydrogen-bond acceptors (Lipinski definition) is 4. The van der Waals surface area contributed by atoms with Crippen LogP contribution in [0.4, 0.5) is 5.69 Å². The van der Waals surface area contributed by atoms with Gasteiger partial charge in [-0.25, -0.2) is 13.1 Å². The molecule has 2 aromatic rings. The molecule has 23 heavy (non-hydrogen) atoms. The maximum absolute atomic E-state index is 12.2. The average Bonchev–Trinajstić information content (AvgIpc) is 2.78. The average molecular weight is 335 g/mol. The van der Waals surface area contributed by atoms with E-state index < -0.39 is 15.9 Å². The van der Waals surface area contributed by atoms with Crippen molar-refractivity contribution in [3.63, 3.8) is 0 Å². The van der Waals surface area contributed by atoms with Crippen molar-refractivity contribution in [3.05, 3.63) is 47.8 Å². The van der Waals surface area contributed by atoms with Crippen LogP contribution in [0.15, 0.2) is 41.3 Å². The molecule has 1 aromatic carbocycles. The summed E-state index contributed by atoms with van der Waals surface area (Å²) in [5.41, 5.74) is 1.56. The van der Waals surface area contributed by atoms with E-state index in [1.165, 1.54) is 31.2 Å². The van der Waals surface area contributed by atoms with Gasteiger partial charge in [-0.05, 0) is 43.3 Å². The smallest absolute Gasteiger partial charge is 0.281 e. The molecule has 122 valence electrons. The van der Waals surface area contributed by atoms with Crippen LogP contribution in [0.2, 0.25) is 0 Å². The van der Waals surface area contributed by atoms with Crippen molar-refractivity contribution in [3.8, 4) is 0 Å². The first-order valence-electron chi connectivity index (χ1n) is 6.78. The summed E-state index contributed by atoms with van der Waals surface area (Å²) in [6.07, 6.45) is 0. The topological polar surface area (TPSA) is 97.3 Å². The van der Waals surface area contributed by atoms with Gasteiger partial charge in [0, 0.05) is 25.4 Å². The van der Waals surface area contributed by atoms with E-state index in [1.807, 2.05) is 11.6 Å². The highest BCUT2D eigenvalue weighted by molar-refractivity contribution is 7.90. The summed E-state index contributed by atoms with van der Waals surface area (Å²) >= 11 is 0. The first-order chi connectivity index (χ1) is 10.7. The molecule has 0 radical (unpaired) electrons. The molecule has 0 aliphatic rings. The van der Waals surface area contributed by atoms with Crippen molar-refractivity contribution in [2.45, 2.75) is 18.7 Å². The molecular formula is C15H17N3O4S. The molecule has 2 N–H and O–H groups in total. The summed E-state index contributed by atoms with van der Waals surface area (Å²) < 4.78 is 28.1. The molecule has 0 saturated carbocycles. The standard InChI is InChI=1S/C15H17N3O4S/c1-10-4-9-14(18(10)3)15(20)17-23(21,22)13-7-5-12(6-8-13)16-11(2)19/h4-9H,1-3H3,(H,16,19)(H,17,20). The second kappa shape index (κ2) is 6.25. The van der Waals surface area contributed by atoms with E-state index in [0.29, 0.717) is 5.69 Å². The fourth-order valence-electron chi connectivity index (χ4n) is 2.00. The summed E-state index contributed by atoms with van der Waals surface area (Å²) in [7, 11) is -2.31. The molecule has 0 fully saturated rings. The third-order valence-electron chi connectivity index (χ3n) is 3.32. The number of anilines is 1. The minimum atomic E-state index is -3.99. The van der Waals surface area contributed by atoms with E-state index in [9.17, 15) is 18.0 Å². The Bertz CT molecular complexity index is 851. The van der Waals surface area contributed by atoms with E-state index in [2.05, 4.69) is 5.32 Å². The second-order valence-corrected chi connectivity index (χ2v) is 6.74. The van der Waals surface area contributed by atoms with E-state index in [-0.39, 0.29) is 16.5 Å². The van der Waals surface area contributed by atoms with E-state index in [1.54, 1.807) is 23.7 Å². The van der Waals surface area contributed by atoms with Gasteiger partial charge in [0.05, 0.1) is 4.90 Å². The number of carbonyl (C=O) groups is 2. The highest BCUT2D eigenvalue weighted by atomic mass is 32.2. The normalized spacial score (nSPS) is 11.1. The Morgan fingerprint density at radius 3 is 2.13 bits per heavy atom. The van der Waals surface area contributed by atoms with Crippen molar-refractivity contribution in [2.75, 3.05) is 5.32 Å². The van der Waals surface area contributed by atoms with Gasteiger partial charge in [0.25, 0.3) is 15.9 Å². The number of nitrogens with one attached hydrogen (secondary N) is 2. The number of carbonyl (C=O) groups excluding carboxylic acids is 2. The quantitative estimate of drug-likeness (QED) is 0.883. The zero-order chi connectivity index (χ0) is 17.2. The summed E-state index contributed by atoms with van der Waals surface area (Å²) in [5, 5.41) is 2.54. The number of benzene rings is 1. The van der Waals surface area contributed by atoms with Crippen LogP contribution in [0.3, 0.4) is 0 Å². The summed E-state index contributed by atoms with van der Waals surface area (Å²) in [6, 6.07) is 8.82. The van der Waals surface area contributed by atoms with Crippen LogP contribution in [-0.4, -0.2) is 24.8 Å². The highest BCUT2D eigenvalue weighted by Gasteiger charge is 2.20. The lowest BCUT2D eigenvalue weighted by Crippen LogP contribution is -2.31. The highest BCUT2D eigenvalue weighted by Crippen LogP contribution is 2.15. The minimum Gasteiger partial charge on any atom is -0.344 e. The summed E-state index contributed by atoms with van der Waals surface area (Å²) in [4.78, 5) is 23.0. The van der Waals surface area contributed by atoms with Gasteiger partial charge in [-0.1, -0.05) is 0 Å². The van der Waals surface area contributed by atoms with Crippen molar-refractivity contribution < 1.29 is 18.0 Å². The number of aromatic nitrogens is 1. The van der Waals surface area contributed by atoms with Gasteiger partial charge in [0.2, 0.25) is 5.91 Å². The minimum absolute atomic E-state index is 0.0640. The molecule has 0 spiro atoms. The predicted octanol–water partition coefficient (Wildman–Crippen LogP) is 1.41. The molecule has 7 nitrogen and oxygen atoms in total. The lowest BCUT2D eigenvalue weighted by molar-refractivity contribution is -0.114. The lowest BCUT2D eigenvalue weighted by Gasteiger charge is -2.09. The first kappa shape index (κ1) is 16.8. The second-order valence-electron chi connectivity index (χ2n) is 5.06. The number of hydrogen-bond donors (Lipinski definition) is 2. The maximum Gasteiger partial charge on any atom is 0.281 e. The fourth-order valence-corrected chi connectivity index (χ4v) is 2.96. The van der Waals surface area contributed by atoms with Crippen LogP contribution in [-0.2, 0) is 21.9 Å². The monoisotopic (exact) mass is 335 g/mol. The van der Waals surface area contributed by atoms with Gasteiger partial charge in [-0.3, -0.25) is 9.59 Å². The molecule has 0 unspecified atom stereocenters. The first-order valence-corrected chi connectivity index (χ1v) is 8.26. The molecule has 0 bridgehead atoms. The molecule has 2 amide bonds. The Kier molecular flexibility index (Phi) is 4.55. The maximum atomic E-state index is 12.2. The third kappa shape index (κ3) is 3.78. The number of nitrogens with zero attached hydrogens (tertiary/aromatic N) is 1. The zero-order valence-electron chi connectivity index (χ0n) is 13.0. The van der Waals surface area contributed by atoms with Crippen molar-refractivity contribution in [1.82, 2.24) is 9.29 Å². The van der Waals surface area contributed by atoms with Gasteiger partial charge in [0.1, 0.15) is 5.69 Å². The zero-order valence-corrected chi connectivity index (χ0v) is 13.8. The molecule has 0 aliphatic carbocycles. The van der Waals surface area contributed by atoms with Crippen LogP contribution in [0.1, 0.15) is 23.1 Å². The fraction of sp³-hybridized carbons (Fsp3) is 0.200. The number of aryl methyl sites for hydroxylation is 1. The lowest BCUT2D eigenvalue weighted by atomic mass is 10.3. The summed E-state index contributed by atoms with van der Waals surface area (Å²) in [6.45, 7) is 3.17. The molecule has 8 heteroatoms. The van der Waals surface area contributed by atoms with Crippen LogP contribution in [0.5, 0.6) is 0 Å².